The Morgan fingerprint density at radius 1 is 1.28 bits per heavy atom. The third-order valence-corrected chi connectivity index (χ3v) is 3.41. The molecule has 1 fully saturated rings. The zero-order chi connectivity index (χ0) is 13.1. The molecule has 3 nitrogen and oxygen atoms in total. The largest absolute Gasteiger partial charge is 0.497 e. The van der Waals surface area contributed by atoms with Crippen LogP contribution < -0.4 is 10.1 Å². The lowest BCUT2D eigenvalue weighted by Crippen LogP contribution is -2.31. The molecular formula is C13H17F2NO2. The number of ether oxygens (including phenoxy) is 1. The van der Waals surface area contributed by atoms with Crippen molar-refractivity contribution in [2.45, 2.75) is 18.9 Å². The number of aliphatic hydroxyl groups is 1. The molecule has 1 aromatic carbocycles. The van der Waals surface area contributed by atoms with Crippen molar-refractivity contribution < 1.29 is 18.6 Å². The molecule has 100 valence electrons. The minimum absolute atomic E-state index is 0.108. The Labute approximate surface area is 105 Å². The van der Waals surface area contributed by atoms with Gasteiger partial charge >= 0.3 is 0 Å². The van der Waals surface area contributed by atoms with E-state index in [1.54, 1.807) is 0 Å². The summed E-state index contributed by atoms with van der Waals surface area (Å²) in [5.74, 6) is -1.49. The molecule has 0 spiro atoms. The molecule has 18 heavy (non-hydrogen) atoms. The van der Waals surface area contributed by atoms with E-state index < -0.39 is 17.7 Å². The molecule has 2 N–H and O–H groups in total. The maximum Gasteiger partial charge on any atom is 0.135 e. The summed E-state index contributed by atoms with van der Waals surface area (Å²) in [7, 11) is 1.34. The van der Waals surface area contributed by atoms with Crippen LogP contribution in [-0.4, -0.2) is 25.3 Å². The molecule has 0 saturated carbocycles. The van der Waals surface area contributed by atoms with Crippen LogP contribution >= 0.6 is 0 Å². The number of nitrogens with one attached hydrogen (secondary N) is 1. The second-order valence-electron chi connectivity index (χ2n) is 4.54. The van der Waals surface area contributed by atoms with Gasteiger partial charge in [0.1, 0.15) is 17.4 Å². The fourth-order valence-corrected chi connectivity index (χ4v) is 2.36. The Kier molecular flexibility index (Phi) is 4.14. The molecule has 1 aliphatic rings. The number of hydrogen-bond donors (Lipinski definition) is 2. The van der Waals surface area contributed by atoms with Gasteiger partial charge in [0.15, 0.2) is 0 Å². The van der Waals surface area contributed by atoms with Crippen molar-refractivity contribution in [3.8, 4) is 5.75 Å². The van der Waals surface area contributed by atoms with Gasteiger partial charge in [-0.15, -0.1) is 0 Å². The molecule has 1 atom stereocenters. The highest BCUT2D eigenvalue weighted by Crippen LogP contribution is 2.33. The predicted octanol–water partition coefficient (Wildman–Crippen LogP) is 2.01. The van der Waals surface area contributed by atoms with Crippen molar-refractivity contribution in [1.82, 2.24) is 5.32 Å². The molecule has 0 radical (unpaired) electrons. The Hall–Kier alpha value is -1.20. The smallest absolute Gasteiger partial charge is 0.135 e. The van der Waals surface area contributed by atoms with Crippen molar-refractivity contribution in [2.75, 3.05) is 20.2 Å². The highest BCUT2D eigenvalue weighted by molar-refractivity contribution is 5.32. The van der Waals surface area contributed by atoms with Crippen LogP contribution in [0.1, 0.15) is 24.5 Å². The van der Waals surface area contributed by atoms with E-state index in [9.17, 15) is 13.9 Å². The zero-order valence-electron chi connectivity index (χ0n) is 10.2. The lowest BCUT2D eigenvalue weighted by atomic mass is 9.87. The van der Waals surface area contributed by atoms with E-state index in [4.69, 9.17) is 4.74 Å². The fourth-order valence-electron chi connectivity index (χ4n) is 2.36. The van der Waals surface area contributed by atoms with Gasteiger partial charge in [-0.25, -0.2) is 8.78 Å². The van der Waals surface area contributed by atoms with E-state index in [0.717, 1.165) is 25.2 Å². The summed E-state index contributed by atoms with van der Waals surface area (Å²) in [5.41, 5.74) is -0.247. The summed E-state index contributed by atoms with van der Waals surface area (Å²) >= 11 is 0. The van der Waals surface area contributed by atoms with Crippen molar-refractivity contribution in [3.05, 3.63) is 29.3 Å². The van der Waals surface area contributed by atoms with Crippen LogP contribution in [0.3, 0.4) is 0 Å². The lowest BCUT2D eigenvalue weighted by Gasteiger charge is -2.28. The molecule has 1 saturated heterocycles. The van der Waals surface area contributed by atoms with Gasteiger partial charge in [-0.3, -0.25) is 0 Å². The SMILES string of the molecule is COc1cc(F)c(C(O)C2CCNCC2)c(F)c1. The van der Waals surface area contributed by atoms with Gasteiger partial charge in [-0.2, -0.15) is 0 Å². The van der Waals surface area contributed by atoms with Crippen LogP contribution in [-0.2, 0) is 0 Å². The van der Waals surface area contributed by atoms with Crippen molar-refractivity contribution in [3.63, 3.8) is 0 Å². The molecule has 1 aliphatic heterocycles. The Morgan fingerprint density at radius 3 is 2.33 bits per heavy atom. The Bertz CT molecular complexity index is 396. The molecule has 1 unspecified atom stereocenters. The first kappa shape index (κ1) is 13.2. The highest BCUT2D eigenvalue weighted by atomic mass is 19.1. The van der Waals surface area contributed by atoms with Crippen LogP contribution in [0.5, 0.6) is 5.75 Å². The van der Waals surface area contributed by atoms with Gasteiger partial charge in [0.05, 0.1) is 18.8 Å². The Balaban J connectivity index is 2.26. The predicted molar refractivity (Wildman–Crippen MR) is 63.5 cm³/mol. The summed E-state index contributed by atoms with van der Waals surface area (Å²) < 4.78 is 32.4. The Morgan fingerprint density at radius 2 is 1.83 bits per heavy atom. The molecular weight excluding hydrogens is 240 g/mol. The second-order valence-corrected chi connectivity index (χ2v) is 4.54. The number of rotatable bonds is 3. The third kappa shape index (κ3) is 2.62. The molecule has 0 aromatic heterocycles. The highest BCUT2D eigenvalue weighted by Gasteiger charge is 2.28. The average Bonchev–Trinajstić information content (AvgIpc) is 2.38. The molecule has 1 heterocycles. The van der Waals surface area contributed by atoms with Crippen molar-refractivity contribution in [2.24, 2.45) is 5.92 Å². The van der Waals surface area contributed by atoms with Gasteiger partial charge in [-0.1, -0.05) is 0 Å². The van der Waals surface area contributed by atoms with E-state index in [0.29, 0.717) is 12.8 Å². The van der Waals surface area contributed by atoms with E-state index in [1.165, 1.54) is 7.11 Å². The van der Waals surface area contributed by atoms with Crippen molar-refractivity contribution >= 4 is 0 Å². The molecule has 0 bridgehead atoms. The van der Waals surface area contributed by atoms with Gasteiger partial charge in [0.25, 0.3) is 0 Å². The summed E-state index contributed by atoms with van der Waals surface area (Å²) in [6.07, 6.45) is 0.330. The van der Waals surface area contributed by atoms with E-state index in [2.05, 4.69) is 5.32 Å². The maximum absolute atomic E-state index is 13.8. The second kappa shape index (κ2) is 5.63. The van der Waals surface area contributed by atoms with Crippen LogP contribution in [0.15, 0.2) is 12.1 Å². The minimum Gasteiger partial charge on any atom is -0.497 e. The number of methoxy groups -OCH3 is 1. The molecule has 2 rings (SSSR count). The van der Waals surface area contributed by atoms with Gasteiger partial charge in [-0.05, 0) is 31.8 Å². The summed E-state index contributed by atoms with van der Waals surface area (Å²) in [6, 6.07) is 2.20. The first-order valence-corrected chi connectivity index (χ1v) is 6.05. The zero-order valence-corrected chi connectivity index (χ0v) is 10.2. The van der Waals surface area contributed by atoms with E-state index >= 15 is 0 Å². The first-order valence-electron chi connectivity index (χ1n) is 6.05. The van der Waals surface area contributed by atoms with Gasteiger partial charge in [0, 0.05) is 12.1 Å². The minimum atomic E-state index is -1.10. The third-order valence-electron chi connectivity index (χ3n) is 3.41. The standard InChI is InChI=1S/C13H17F2NO2/c1-18-9-6-10(14)12(11(15)7-9)13(17)8-2-4-16-5-3-8/h6-8,13,16-17H,2-5H2,1H3. The number of halogens is 2. The van der Waals surface area contributed by atoms with Gasteiger partial charge in [0.2, 0.25) is 0 Å². The van der Waals surface area contributed by atoms with Crippen LogP contribution in [0.2, 0.25) is 0 Å². The summed E-state index contributed by atoms with van der Waals surface area (Å²) in [5, 5.41) is 13.3. The fraction of sp³-hybridized carbons (Fsp3) is 0.538. The first-order chi connectivity index (χ1) is 8.63. The summed E-state index contributed by atoms with van der Waals surface area (Å²) in [6.45, 7) is 1.53. The van der Waals surface area contributed by atoms with Crippen LogP contribution in [0.4, 0.5) is 8.78 Å². The maximum atomic E-state index is 13.8. The molecule has 0 amide bonds. The van der Waals surface area contributed by atoms with Crippen molar-refractivity contribution in [1.29, 1.82) is 0 Å². The molecule has 0 aliphatic carbocycles. The molecule has 1 aromatic rings. The van der Waals surface area contributed by atoms with Gasteiger partial charge < -0.3 is 15.2 Å². The van der Waals surface area contributed by atoms with E-state index in [-0.39, 0.29) is 17.2 Å². The average molecular weight is 257 g/mol. The summed E-state index contributed by atoms with van der Waals surface area (Å²) in [4.78, 5) is 0. The lowest BCUT2D eigenvalue weighted by molar-refractivity contribution is 0.0819. The number of piperidine rings is 1. The van der Waals surface area contributed by atoms with Crippen LogP contribution in [0.25, 0.3) is 0 Å². The van der Waals surface area contributed by atoms with E-state index in [1.807, 2.05) is 0 Å². The quantitative estimate of drug-likeness (QED) is 0.870. The number of benzene rings is 1. The number of aliphatic hydroxyl groups excluding tert-OH is 1. The monoisotopic (exact) mass is 257 g/mol. The number of hydrogen-bond acceptors (Lipinski definition) is 3. The van der Waals surface area contributed by atoms with Crippen LogP contribution in [0, 0.1) is 17.6 Å². The topological polar surface area (TPSA) is 41.5 Å². The molecule has 5 heteroatoms. The normalized spacial score (nSPS) is 18.7.